The molecule has 2 amide bonds. The van der Waals surface area contributed by atoms with Crippen molar-refractivity contribution in [1.82, 2.24) is 24.3 Å². The number of aromatic nitrogens is 2. The van der Waals surface area contributed by atoms with E-state index in [4.69, 9.17) is 0 Å². The zero-order valence-corrected chi connectivity index (χ0v) is 13.1. The number of imidazole rings is 1. The van der Waals surface area contributed by atoms with Crippen molar-refractivity contribution < 1.29 is 9.59 Å². The largest absolute Gasteiger partial charge is 0.347 e. The number of piperazine rings is 1. The fourth-order valence-electron chi connectivity index (χ4n) is 2.62. The zero-order chi connectivity index (χ0) is 15.6. The molecule has 1 aliphatic heterocycles. The van der Waals surface area contributed by atoms with E-state index in [9.17, 15) is 9.59 Å². The maximum atomic E-state index is 12.3. The summed E-state index contributed by atoms with van der Waals surface area (Å²) < 4.78 is 1.97. The molecule has 116 valence electrons. The third kappa shape index (κ3) is 3.41. The van der Waals surface area contributed by atoms with Gasteiger partial charge in [-0.15, -0.1) is 0 Å². The minimum atomic E-state index is -0.411. The second-order valence-electron chi connectivity index (χ2n) is 5.65. The average molecular weight is 293 g/mol. The van der Waals surface area contributed by atoms with Crippen molar-refractivity contribution in [2.75, 3.05) is 33.7 Å². The first-order valence-corrected chi connectivity index (χ1v) is 7.07. The van der Waals surface area contributed by atoms with E-state index in [1.54, 1.807) is 30.1 Å². The molecule has 0 saturated carbocycles. The molecule has 0 bridgehead atoms. The molecule has 7 nitrogen and oxygen atoms in total. The van der Waals surface area contributed by atoms with Gasteiger partial charge in [0.25, 0.3) is 0 Å². The number of likely N-dealkylation sites (N-methyl/N-ethyl adjacent to an activating group) is 1. The van der Waals surface area contributed by atoms with E-state index in [1.165, 1.54) is 6.92 Å². The number of amides is 2. The topological polar surface area (TPSA) is 61.7 Å². The third-order valence-electron chi connectivity index (χ3n) is 3.88. The lowest BCUT2D eigenvalue weighted by Crippen LogP contribution is -2.59. The van der Waals surface area contributed by atoms with E-state index in [0.717, 1.165) is 12.4 Å². The highest BCUT2D eigenvalue weighted by atomic mass is 16.2. The molecule has 1 aromatic heterocycles. The van der Waals surface area contributed by atoms with E-state index in [2.05, 4.69) is 9.88 Å². The first-order valence-electron chi connectivity index (χ1n) is 7.07. The number of hydrogen-bond acceptors (Lipinski definition) is 4. The van der Waals surface area contributed by atoms with Gasteiger partial charge in [0.15, 0.2) is 0 Å². The lowest BCUT2D eigenvalue weighted by molar-refractivity contribution is -0.146. The van der Waals surface area contributed by atoms with Gasteiger partial charge in [0.2, 0.25) is 11.8 Å². The van der Waals surface area contributed by atoms with Crippen molar-refractivity contribution in [3.8, 4) is 0 Å². The molecule has 1 aromatic rings. The molecule has 21 heavy (non-hydrogen) atoms. The summed E-state index contributed by atoms with van der Waals surface area (Å²) in [5.41, 5.74) is 0. The Morgan fingerprint density at radius 2 is 2.10 bits per heavy atom. The van der Waals surface area contributed by atoms with Gasteiger partial charge in [0.05, 0.1) is 6.54 Å². The summed E-state index contributed by atoms with van der Waals surface area (Å²) in [6.45, 7) is 4.08. The molecule has 0 unspecified atom stereocenters. The van der Waals surface area contributed by atoms with Gasteiger partial charge >= 0.3 is 0 Å². The highest BCUT2D eigenvalue weighted by molar-refractivity contribution is 5.87. The predicted molar refractivity (Wildman–Crippen MR) is 78.4 cm³/mol. The van der Waals surface area contributed by atoms with E-state index < -0.39 is 6.04 Å². The minimum absolute atomic E-state index is 0.0326. The first-order chi connectivity index (χ1) is 9.90. The maximum absolute atomic E-state index is 12.3. The van der Waals surface area contributed by atoms with Gasteiger partial charge in [-0.2, -0.15) is 0 Å². The number of carbonyl (C=O) groups excluding carboxylic acids is 2. The van der Waals surface area contributed by atoms with Crippen LogP contribution in [0.1, 0.15) is 12.7 Å². The fraction of sp³-hybridized carbons (Fsp3) is 0.643. The van der Waals surface area contributed by atoms with E-state index >= 15 is 0 Å². The average Bonchev–Trinajstić information content (AvgIpc) is 2.83. The van der Waals surface area contributed by atoms with Gasteiger partial charge in [-0.25, -0.2) is 4.98 Å². The number of nitrogens with zero attached hydrogens (tertiary/aromatic N) is 5. The van der Waals surface area contributed by atoms with Gasteiger partial charge in [0, 0.05) is 60.1 Å². The van der Waals surface area contributed by atoms with Crippen LogP contribution in [0.3, 0.4) is 0 Å². The predicted octanol–water partition coefficient (Wildman–Crippen LogP) is -0.459. The molecule has 0 aliphatic carbocycles. The van der Waals surface area contributed by atoms with Crippen molar-refractivity contribution in [3.63, 3.8) is 0 Å². The highest BCUT2D eigenvalue weighted by Gasteiger charge is 2.34. The summed E-state index contributed by atoms with van der Waals surface area (Å²) in [6.07, 6.45) is 3.67. The lowest BCUT2D eigenvalue weighted by atomic mass is 10.1. The van der Waals surface area contributed by atoms with Crippen molar-refractivity contribution in [3.05, 3.63) is 18.2 Å². The molecular weight excluding hydrogens is 270 g/mol. The Kier molecular flexibility index (Phi) is 4.62. The molecule has 2 heterocycles. The van der Waals surface area contributed by atoms with Crippen LogP contribution >= 0.6 is 0 Å². The third-order valence-corrected chi connectivity index (χ3v) is 3.88. The Bertz CT molecular complexity index is 525. The Morgan fingerprint density at radius 3 is 2.62 bits per heavy atom. The number of carbonyl (C=O) groups is 2. The highest BCUT2D eigenvalue weighted by Crippen LogP contribution is 2.14. The van der Waals surface area contributed by atoms with Crippen molar-refractivity contribution >= 4 is 11.8 Å². The van der Waals surface area contributed by atoms with Crippen LogP contribution in [0.2, 0.25) is 0 Å². The minimum Gasteiger partial charge on any atom is -0.347 e. The molecule has 1 saturated heterocycles. The van der Waals surface area contributed by atoms with Gasteiger partial charge < -0.3 is 14.4 Å². The standard InChI is InChI=1S/C14H23N5O2/c1-11(20)19-8-7-18(9-12(19)14(21)16(2)3)10-13-15-5-6-17(13)4/h5-6,12H,7-10H2,1-4H3/t12-/m0/s1. The molecule has 0 aromatic carbocycles. The summed E-state index contributed by atoms with van der Waals surface area (Å²) in [6, 6.07) is -0.411. The zero-order valence-electron chi connectivity index (χ0n) is 13.1. The first kappa shape index (κ1) is 15.5. The molecule has 0 N–H and O–H groups in total. The molecule has 2 rings (SSSR count). The monoisotopic (exact) mass is 293 g/mol. The normalized spacial score (nSPS) is 19.6. The van der Waals surface area contributed by atoms with Gasteiger partial charge in [-0.05, 0) is 0 Å². The Labute approximate surface area is 125 Å². The van der Waals surface area contributed by atoms with Gasteiger partial charge in [0.1, 0.15) is 11.9 Å². The molecule has 0 spiro atoms. The van der Waals surface area contributed by atoms with E-state index in [0.29, 0.717) is 19.6 Å². The van der Waals surface area contributed by atoms with Gasteiger partial charge in [-0.1, -0.05) is 0 Å². The summed E-state index contributed by atoms with van der Waals surface area (Å²) in [5, 5.41) is 0. The van der Waals surface area contributed by atoms with Crippen LogP contribution in [0, 0.1) is 0 Å². The van der Waals surface area contributed by atoms with Crippen molar-refractivity contribution in [1.29, 1.82) is 0 Å². The van der Waals surface area contributed by atoms with Crippen molar-refractivity contribution in [2.24, 2.45) is 7.05 Å². The van der Waals surface area contributed by atoms with Crippen LogP contribution in [-0.2, 0) is 23.2 Å². The molecule has 1 atom stereocenters. The molecule has 0 radical (unpaired) electrons. The Balaban J connectivity index is 2.10. The summed E-state index contributed by atoms with van der Waals surface area (Å²) in [5.74, 6) is 0.879. The Hall–Kier alpha value is -1.89. The lowest BCUT2D eigenvalue weighted by Gasteiger charge is -2.40. The van der Waals surface area contributed by atoms with E-state index in [-0.39, 0.29) is 11.8 Å². The molecule has 1 fully saturated rings. The van der Waals surface area contributed by atoms with Crippen LogP contribution in [0.4, 0.5) is 0 Å². The van der Waals surface area contributed by atoms with Gasteiger partial charge in [-0.3, -0.25) is 14.5 Å². The quantitative estimate of drug-likeness (QED) is 0.757. The summed E-state index contributed by atoms with van der Waals surface area (Å²) in [4.78, 5) is 33.7. The van der Waals surface area contributed by atoms with Crippen LogP contribution in [-0.4, -0.2) is 75.8 Å². The number of rotatable bonds is 3. The molecule has 7 heteroatoms. The second-order valence-corrected chi connectivity index (χ2v) is 5.65. The van der Waals surface area contributed by atoms with Crippen LogP contribution in [0.15, 0.2) is 12.4 Å². The SMILES string of the molecule is CC(=O)N1CCN(Cc2nccn2C)C[C@H]1C(=O)N(C)C. The second kappa shape index (κ2) is 6.26. The fourth-order valence-corrected chi connectivity index (χ4v) is 2.62. The van der Waals surface area contributed by atoms with E-state index in [1.807, 2.05) is 17.8 Å². The van der Waals surface area contributed by atoms with Crippen LogP contribution in [0.25, 0.3) is 0 Å². The number of hydrogen-bond donors (Lipinski definition) is 0. The molecule has 1 aliphatic rings. The number of aryl methyl sites for hydroxylation is 1. The summed E-state index contributed by atoms with van der Waals surface area (Å²) in [7, 11) is 5.40. The Morgan fingerprint density at radius 1 is 1.38 bits per heavy atom. The van der Waals surface area contributed by atoms with Crippen molar-refractivity contribution in [2.45, 2.75) is 19.5 Å². The van der Waals surface area contributed by atoms with Crippen LogP contribution < -0.4 is 0 Å². The summed E-state index contributed by atoms with van der Waals surface area (Å²) >= 11 is 0. The smallest absolute Gasteiger partial charge is 0.246 e. The molecular formula is C14H23N5O2. The van der Waals surface area contributed by atoms with Crippen LogP contribution in [0.5, 0.6) is 0 Å². The maximum Gasteiger partial charge on any atom is 0.246 e.